The number of hydrogen-bond acceptors (Lipinski definition) is 5. The van der Waals surface area contributed by atoms with Gasteiger partial charge in [0, 0.05) is 23.7 Å². The first-order valence-corrected chi connectivity index (χ1v) is 13.2. The molecule has 2 N–H and O–H groups in total. The molecule has 2 fully saturated rings. The molecule has 1 aliphatic carbocycles. The molecule has 1 amide bonds. The van der Waals surface area contributed by atoms with Crippen molar-refractivity contribution in [3.05, 3.63) is 59.7 Å². The van der Waals surface area contributed by atoms with Gasteiger partial charge in [0.1, 0.15) is 5.75 Å². The summed E-state index contributed by atoms with van der Waals surface area (Å²) in [5.41, 5.74) is 1.38. The topological polar surface area (TPSA) is 87.7 Å². The minimum atomic E-state index is -3.65. The van der Waals surface area contributed by atoms with Crippen LogP contribution in [0.4, 0.5) is 0 Å². The smallest absolute Gasteiger partial charge is 0.251 e. The number of sulfonamides is 1. The van der Waals surface area contributed by atoms with E-state index in [9.17, 15) is 13.2 Å². The van der Waals surface area contributed by atoms with Crippen LogP contribution < -0.4 is 14.8 Å². The minimum Gasteiger partial charge on any atom is -0.496 e. The van der Waals surface area contributed by atoms with E-state index in [1.165, 1.54) is 12.1 Å². The van der Waals surface area contributed by atoms with E-state index in [1.54, 1.807) is 19.2 Å². The Kier molecular flexibility index (Phi) is 7.67. The molecule has 8 heteroatoms. The van der Waals surface area contributed by atoms with Gasteiger partial charge in [-0.2, -0.15) is 0 Å². The van der Waals surface area contributed by atoms with Crippen LogP contribution >= 0.6 is 0 Å². The van der Waals surface area contributed by atoms with Gasteiger partial charge in [0.05, 0.1) is 18.0 Å². The zero-order chi connectivity index (χ0) is 23.3. The van der Waals surface area contributed by atoms with Crippen molar-refractivity contribution in [2.75, 3.05) is 26.7 Å². The van der Waals surface area contributed by atoms with Crippen molar-refractivity contribution in [2.45, 2.75) is 55.5 Å². The molecule has 0 bridgehead atoms. The van der Waals surface area contributed by atoms with Gasteiger partial charge in [-0.3, -0.25) is 9.69 Å². The van der Waals surface area contributed by atoms with Gasteiger partial charge >= 0.3 is 0 Å². The van der Waals surface area contributed by atoms with Gasteiger partial charge in [0.25, 0.3) is 5.91 Å². The Bertz CT molecular complexity index is 1060. The Hall–Kier alpha value is -2.42. The first-order chi connectivity index (χ1) is 16.0. The highest BCUT2D eigenvalue weighted by molar-refractivity contribution is 7.89. The van der Waals surface area contributed by atoms with Gasteiger partial charge in [-0.15, -0.1) is 0 Å². The normalized spacial score (nSPS) is 18.3. The fourth-order valence-electron chi connectivity index (χ4n) is 4.86. The van der Waals surface area contributed by atoms with Crippen LogP contribution in [-0.2, 0) is 10.0 Å². The molecule has 2 aliphatic rings. The van der Waals surface area contributed by atoms with Gasteiger partial charge in [0.15, 0.2) is 0 Å². The highest BCUT2D eigenvalue weighted by atomic mass is 32.2. The average Bonchev–Trinajstić information content (AvgIpc) is 3.54. The van der Waals surface area contributed by atoms with Crippen molar-refractivity contribution in [1.82, 2.24) is 14.9 Å². The van der Waals surface area contributed by atoms with E-state index in [-0.39, 0.29) is 22.9 Å². The molecule has 1 saturated carbocycles. The Balaban J connectivity index is 1.48. The molecule has 0 aromatic heterocycles. The molecule has 2 aromatic rings. The summed E-state index contributed by atoms with van der Waals surface area (Å²) in [5.74, 6) is 0.515. The maximum atomic E-state index is 13.0. The van der Waals surface area contributed by atoms with E-state index in [2.05, 4.69) is 14.9 Å². The van der Waals surface area contributed by atoms with Crippen molar-refractivity contribution < 1.29 is 17.9 Å². The third-order valence-corrected chi connectivity index (χ3v) is 8.14. The molecule has 0 radical (unpaired) electrons. The number of nitrogens with zero attached hydrogens (tertiary/aromatic N) is 1. The lowest BCUT2D eigenvalue weighted by molar-refractivity contribution is 0.0937. The molecular formula is C25H33N3O4S. The molecule has 1 aliphatic heterocycles. The molecule has 1 unspecified atom stereocenters. The third kappa shape index (κ3) is 5.75. The molecule has 1 saturated heterocycles. The molecule has 33 heavy (non-hydrogen) atoms. The van der Waals surface area contributed by atoms with Crippen LogP contribution in [0.3, 0.4) is 0 Å². The van der Waals surface area contributed by atoms with Crippen LogP contribution in [0.2, 0.25) is 0 Å². The molecule has 4 rings (SSSR count). The number of nitrogens with one attached hydrogen (secondary N) is 2. The van der Waals surface area contributed by atoms with Crippen molar-refractivity contribution in [2.24, 2.45) is 0 Å². The lowest BCUT2D eigenvalue weighted by atomic mass is 10.0. The predicted octanol–water partition coefficient (Wildman–Crippen LogP) is 3.48. The Morgan fingerprint density at radius 2 is 1.79 bits per heavy atom. The number of benzene rings is 2. The number of ether oxygens (including phenoxy) is 1. The summed E-state index contributed by atoms with van der Waals surface area (Å²) in [6.07, 6.45) is 6.07. The van der Waals surface area contributed by atoms with Crippen LogP contribution in [0, 0.1) is 0 Å². The molecule has 2 aromatic carbocycles. The molecular weight excluding hydrogens is 438 g/mol. The minimum absolute atomic E-state index is 0.0106. The number of carbonyl (C=O) groups is 1. The largest absolute Gasteiger partial charge is 0.496 e. The number of para-hydroxylation sites is 1. The number of carbonyl (C=O) groups excluding carboxylic acids is 1. The van der Waals surface area contributed by atoms with Crippen LogP contribution in [0.5, 0.6) is 5.75 Å². The number of likely N-dealkylation sites (tertiary alicyclic amines) is 1. The summed E-state index contributed by atoms with van der Waals surface area (Å²) in [6, 6.07) is 14.1. The van der Waals surface area contributed by atoms with E-state index in [4.69, 9.17) is 4.74 Å². The Labute approximate surface area is 196 Å². The van der Waals surface area contributed by atoms with Crippen molar-refractivity contribution >= 4 is 15.9 Å². The van der Waals surface area contributed by atoms with E-state index < -0.39 is 10.0 Å². The van der Waals surface area contributed by atoms with Crippen LogP contribution in [0.25, 0.3) is 0 Å². The maximum Gasteiger partial charge on any atom is 0.251 e. The predicted molar refractivity (Wildman–Crippen MR) is 128 cm³/mol. The highest BCUT2D eigenvalue weighted by Gasteiger charge is 2.27. The fourth-order valence-corrected chi connectivity index (χ4v) is 6.21. The lowest BCUT2D eigenvalue weighted by Crippen LogP contribution is -2.37. The van der Waals surface area contributed by atoms with Gasteiger partial charge in [0.2, 0.25) is 10.0 Å². The van der Waals surface area contributed by atoms with Gasteiger partial charge in [-0.25, -0.2) is 13.1 Å². The number of hydrogen-bond donors (Lipinski definition) is 2. The summed E-state index contributed by atoms with van der Waals surface area (Å²) in [4.78, 5) is 15.5. The average molecular weight is 472 g/mol. The van der Waals surface area contributed by atoms with E-state index in [1.807, 2.05) is 24.3 Å². The summed E-state index contributed by atoms with van der Waals surface area (Å²) < 4.78 is 33.9. The van der Waals surface area contributed by atoms with E-state index >= 15 is 0 Å². The van der Waals surface area contributed by atoms with Crippen molar-refractivity contribution in [3.63, 3.8) is 0 Å². The lowest BCUT2D eigenvalue weighted by Gasteiger charge is -2.29. The number of methoxy groups -OCH3 is 1. The first-order valence-electron chi connectivity index (χ1n) is 11.8. The van der Waals surface area contributed by atoms with E-state index in [0.29, 0.717) is 12.1 Å². The Morgan fingerprint density at radius 3 is 2.52 bits per heavy atom. The Morgan fingerprint density at radius 1 is 1.06 bits per heavy atom. The molecule has 178 valence electrons. The van der Waals surface area contributed by atoms with Gasteiger partial charge in [-0.1, -0.05) is 37.1 Å². The zero-order valence-corrected chi connectivity index (χ0v) is 19.9. The molecule has 7 nitrogen and oxygen atoms in total. The summed E-state index contributed by atoms with van der Waals surface area (Å²) in [5, 5.41) is 3.03. The molecule has 1 atom stereocenters. The second-order valence-corrected chi connectivity index (χ2v) is 10.6. The summed E-state index contributed by atoms with van der Waals surface area (Å²) in [7, 11) is -1.99. The summed E-state index contributed by atoms with van der Waals surface area (Å²) in [6.45, 7) is 2.36. The van der Waals surface area contributed by atoms with Crippen molar-refractivity contribution in [3.8, 4) is 5.75 Å². The van der Waals surface area contributed by atoms with Gasteiger partial charge in [-0.05, 0) is 63.0 Å². The standard InChI is InChI=1S/C25H33N3O4S/c1-32-24-14-5-4-13-22(24)23(28-15-6-7-16-28)18-26-25(29)19-9-8-12-21(17-19)33(30,31)27-20-10-2-3-11-20/h4-5,8-9,12-14,17,20,23,27H,2-3,6-7,10-11,15-16,18H2,1H3,(H,26,29). The third-order valence-electron chi connectivity index (χ3n) is 6.62. The highest BCUT2D eigenvalue weighted by Crippen LogP contribution is 2.31. The second-order valence-electron chi connectivity index (χ2n) is 8.84. The first kappa shape index (κ1) is 23.7. The second kappa shape index (κ2) is 10.7. The maximum absolute atomic E-state index is 13.0. The number of rotatable bonds is 9. The van der Waals surface area contributed by atoms with Crippen LogP contribution in [-0.4, -0.2) is 52.0 Å². The fraction of sp³-hybridized carbons (Fsp3) is 0.480. The molecule has 1 heterocycles. The van der Waals surface area contributed by atoms with Crippen LogP contribution in [0.15, 0.2) is 53.4 Å². The quantitative estimate of drug-likeness (QED) is 0.585. The monoisotopic (exact) mass is 471 g/mol. The number of amides is 1. The van der Waals surface area contributed by atoms with Gasteiger partial charge < -0.3 is 10.1 Å². The van der Waals surface area contributed by atoms with E-state index in [0.717, 1.165) is 62.9 Å². The van der Waals surface area contributed by atoms with Crippen molar-refractivity contribution in [1.29, 1.82) is 0 Å². The SMILES string of the molecule is COc1ccccc1C(CNC(=O)c1cccc(S(=O)(=O)NC2CCCC2)c1)N1CCCC1. The summed E-state index contributed by atoms with van der Waals surface area (Å²) >= 11 is 0. The zero-order valence-electron chi connectivity index (χ0n) is 19.1. The molecule has 0 spiro atoms. The van der Waals surface area contributed by atoms with Crippen LogP contribution in [0.1, 0.15) is 60.5 Å².